The minimum absolute atomic E-state index is 0.0483. The lowest BCUT2D eigenvalue weighted by Crippen LogP contribution is -2.50. The molecule has 0 spiro atoms. The van der Waals surface area contributed by atoms with Crippen LogP contribution in [0.3, 0.4) is 0 Å². The van der Waals surface area contributed by atoms with Gasteiger partial charge in [-0.15, -0.1) is 0 Å². The van der Waals surface area contributed by atoms with E-state index < -0.39 is 0 Å². The molecule has 8 nitrogen and oxygen atoms in total. The summed E-state index contributed by atoms with van der Waals surface area (Å²) in [7, 11) is 0. The molecule has 0 aliphatic carbocycles. The van der Waals surface area contributed by atoms with E-state index in [2.05, 4.69) is 20.2 Å². The van der Waals surface area contributed by atoms with Crippen LogP contribution in [0.4, 0.5) is 5.69 Å². The molecule has 166 valence electrons. The predicted octanol–water partition coefficient (Wildman–Crippen LogP) is 2.03. The highest BCUT2D eigenvalue weighted by molar-refractivity contribution is 5.92. The topological polar surface area (TPSA) is 98.4 Å². The zero-order chi connectivity index (χ0) is 22.3. The number of carbonyl (C=O) groups excluding carboxylic acids is 2. The van der Waals surface area contributed by atoms with E-state index in [1.54, 1.807) is 6.07 Å². The van der Waals surface area contributed by atoms with Gasteiger partial charge in [-0.05, 0) is 30.7 Å². The number of aromatic nitrogens is 2. The summed E-state index contributed by atoms with van der Waals surface area (Å²) in [5, 5.41) is 3.46. The second-order valence-electron chi connectivity index (χ2n) is 7.95. The SMILES string of the molecule is O=C(CN1CCN(C(=O)CCCc2nc3ccccc3c(=O)[nH]2)CC1)Nc1ccccc1. The van der Waals surface area contributed by atoms with Gasteiger partial charge in [0.1, 0.15) is 5.82 Å². The van der Waals surface area contributed by atoms with Gasteiger partial charge in [0, 0.05) is 44.7 Å². The lowest BCUT2D eigenvalue weighted by molar-refractivity contribution is -0.133. The summed E-state index contributed by atoms with van der Waals surface area (Å²) in [5.74, 6) is 0.658. The van der Waals surface area contributed by atoms with Gasteiger partial charge >= 0.3 is 0 Å². The second kappa shape index (κ2) is 10.2. The Bertz CT molecular complexity index is 1140. The fourth-order valence-electron chi connectivity index (χ4n) is 3.90. The smallest absolute Gasteiger partial charge is 0.258 e. The van der Waals surface area contributed by atoms with Crippen molar-refractivity contribution in [3.8, 4) is 0 Å². The third kappa shape index (κ3) is 5.59. The van der Waals surface area contributed by atoms with Crippen molar-refractivity contribution < 1.29 is 9.59 Å². The monoisotopic (exact) mass is 433 g/mol. The van der Waals surface area contributed by atoms with Gasteiger partial charge in [-0.25, -0.2) is 4.98 Å². The van der Waals surface area contributed by atoms with Crippen LogP contribution in [-0.4, -0.2) is 64.3 Å². The van der Waals surface area contributed by atoms with Crippen LogP contribution in [0.25, 0.3) is 10.9 Å². The number of para-hydroxylation sites is 2. The van der Waals surface area contributed by atoms with Gasteiger partial charge < -0.3 is 15.2 Å². The fraction of sp³-hybridized carbons (Fsp3) is 0.333. The normalized spacial score (nSPS) is 14.4. The summed E-state index contributed by atoms with van der Waals surface area (Å²) in [6, 6.07) is 16.6. The number of carbonyl (C=O) groups is 2. The van der Waals surface area contributed by atoms with Crippen LogP contribution in [0.15, 0.2) is 59.4 Å². The molecule has 3 aromatic rings. The zero-order valence-electron chi connectivity index (χ0n) is 17.9. The number of fused-ring (bicyclic) bond motifs is 1. The van der Waals surface area contributed by atoms with Crippen molar-refractivity contribution in [1.82, 2.24) is 19.8 Å². The van der Waals surface area contributed by atoms with Crippen LogP contribution in [0.5, 0.6) is 0 Å². The Hall–Kier alpha value is -3.52. The van der Waals surface area contributed by atoms with Crippen molar-refractivity contribution >= 4 is 28.4 Å². The van der Waals surface area contributed by atoms with Crippen molar-refractivity contribution in [3.63, 3.8) is 0 Å². The first-order valence-corrected chi connectivity index (χ1v) is 10.9. The average molecular weight is 434 g/mol. The van der Waals surface area contributed by atoms with Gasteiger partial charge in [0.25, 0.3) is 5.56 Å². The number of rotatable bonds is 7. The number of hydrogen-bond donors (Lipinski definition) is 2. The molecular formula is C24H27N5O3. The van der Waals surface area contributed by atoms with Gasteiger partial charge in [-0.1, -0.05) is 30.3 Å². The molecule has 0 unspecified atom stereocenters. The van der Waals surface area contributed by atoms with Gasteiger partial charge in [0.2, 0.25) is 11.8 Å². The first-order chi connectivity index (χ1) is 15.6. The number of nitrogens with zero attached hydrogens (tertiary/aromatic N) is 3. The van der Waals surface area contributed by atoms with Crippen molar-refractivity contribution in [1.29, 1.82) is 0 Å². The Morgan fingerprint density at radius 1 is 0.969 bits per heavy atom. The second-order valence-corrected chi connectivity index (χ2v) is 7.95. The summed E-state index contributed by atoms with van der Waals surface area (Å²) in [6.45, 7) is 2.89. The Kier molecular flexibility index (Phi) is 6.91. The maximum Gasteiger partial charge on any atom is 0.258 e. The molecule has 2 aromatic carbocycles. The van der Waals surface area contributed by atoms with Crippen LogP contribution in [-0.2, 0) is 16.0 Å². The fourth-order valence-corrected chi connectivity index (χ4v) is 3.90. The predicted molar refractivity (Wildman–Crippen MR) is 123 cm³/mol. The maximum atomic E-state index is 12.6. The van der Waals surface area contributed by atoms with Crippen LogP contribution in [0, 0.1) is 0 Å². The molecule has 32 heavy (non-hydrogen) atoms. The third-order valence-electron chi connectivity index (χ3n) is 5.62. The minimum atomic E-state index is -0.149. The number of benzene rings is 2. The molecule has 1 aliphatic heterocycles. The lowest BCUT2D eigenvalue weighted by Gasteiger charge is -2.34. The average Bonchev–Trinajstić information content (AvgIpc) is 2.80. The number of piperazine rings is 1. The van der Waals surface area contributed by atoms with E-state index in [-0.39, 0.29) is 17.4 Å². The maximum absolute atomic E-state index is 12.6. The highest BCUT2D eigenvalue weighted by Crippen LogP contribution is 2.10. The number of anilines is 1. The van der Waals surface area contributed by atoms with Crippen molar-refractivity contribution in [2.24, 2.45) is 0 Å². The number of aryl methyl sites for hydroxylation is 1. The van der Waals surface area contributed by atoms with E-state index in [1.807, 2.05) is 53.4 Å². The van der Waals surface area contributed by atoms with E-state index in [9.17, 15) is 14.4 Å². The van der Waals surface area contributed by atoms with E-state index in [0.717, 1.165) is 5.69 Å². The Labute approximate surface area is 186 Å². The molecule has 8 heteroatoms. The number of nitrogens with one attached hydrogen (secondary N) is 2. The van der Waals surface area contributed by atoms with Crippen LogP contribution >= 0.6 is 0 Å². The Morgan fingerprint density at radius 3 is 2.47 bits per heavy atom. The first-order valence-electron chi connectivity index (χ1n) is 10.9. The lowest BCUT2D eigenvalue weighted by atomic mass is 10.2. The van der Waals surface area contributed by atoms with Gasteiger partial charge in [0.05, 0.1) is 17.4 Å². The van der Waals surface area contributed by atoms with Crippen molar-refractivity contribution in [3.05, 3.63) is 70.8 Å². The Balaban J connectivity index is 1.19. The number of aromatic amines is 1. The van der Waals surface area contributed by atoms with Gasteiger partial charge in [-0.2, -0.15) is 0 Å². The standard InChI is InChI=1S/C24H27N5O3/c30-22(25-18-7-2-1-3-8-18)17-28-13-15-29(16-14-28)23(31)12-6-11-21-26-20-10-5-4-9-19(20)24(32)27-21/h1-5,7-10H,6,11-17H2,(H,25,30)(H,26,27,32). The van der Waals surface area contributed by atoms with E-state index in [0.29, 0.717) is 68.7 Å². The van der Waals surface area contributed by atoms with E-state index in [1.165, 1.54) is 0 Å². The number of hydrogen-bond acceptors (Lipinski definition) is 5. The number of H-pyrrole nitrogens is 1. The van der Waals surface area contributed by atoms with Gasteiger partial charge in [-0.3, -0.25) is 19.3 Å². The molecule has 0 radical (unpaired) electrons. The molecule has 1 fully saturated rings. The van der Waals surface area contributed by atoms with Crippen molar-refractivity contribution in [2.45, 2.75) is 19.3 Å². The molecule has 1 saturated heterocycles. The summed E-state index contributed by atoms with van der Waals surface area (Å²) >= 11 is 0. The summed E-state index contributed by atoms with van der Waals surface area (Å²) in [6.07, 6.45) is 1.58. The van der Waals surface area contributed by atoms with E-state index >= 15 is 0 Å². The molecule has 1 aliphatic rings. The number of amides is 2. The van der Waals surface area contributed by atoms with Crippen molar-refractivity contribution in [2.75, 3.05) is 38.0 Å². The third-order valence-corrected chi connectivity index (χ3v) is 5.62. The van der Waals surface area contributed by atoms with E-state index in [4.69, 9.17) is 0 Å². The Morgan fingerprint density at radius 2 is 1.69 bits per heavy atom. The van der Waals surface area contributed by atoms with Crippen LogP contribution < -0.4 is 10.9 Å². The summed E-state index contributed by atoms with van der Waals surface area (Å²) < 4.78 is 0. The highest BCUT2D eigenvalue weighted by atomic mass is 16.2. The van der Waals surface area contributed by atoms with Gasteiger partial charge in [0.15, 0.2) is 0 Å². The van der Waals surface area contributed by atoms with Crippen LogP contribution in [0.1, 0.15) is 18.7 Å². The summed E-state index contributed by atoms with van der Waals surface area (Å²) in [4.78, 5) is 48.1. The molecule has 0 bridgehead atoms. The van der Waals surface area contributed by atoms with Crippen LogP contribution in [0.2, 0.25) is 0 Å². The first kappa shape index (κ1) is 21.7. The zero-order valence-corrected chi connectivity index (χ0v) is 17.9. The quantitative estimate of drug-likeness (QED) is 0.594. The molecule has 0 atom stereocenters. The molecule has 2 amide bonds. The molecule has 0 saturated carbocycles. The molecule has 1 aromatic heterocycles. The molecule has 2 heterocycles. The molecular weight excluding hydrogens is 406 g/mol. The summed E-state index contributed by atoms with van der Waals surface area (Å²) in [5.41, 5.74) is 1.31. The highest BCUT2D eigenvalue weighted by Gasteiger charge is 2.22. The minimum Gasteiger partial charge on any atom is -0.340 e. The molecule has 2 N–H and O–H groups in total. The largest absolute Gasteiger partial charge is 0.340 e. The molecule has 4 rings (SSSR count).